The van der Waals surface area contributed by atoms with Gasteiger partial charge in [0, 0.05) is 6.07 Å². The van der Waals surface area contributed by atoms with Crippen molar-refractivity contribution in [3.63, 3.8) is 0 Å². The summed E-state index contributed by atoms with van der Waals surface area (Å²) in [5.41, 5.74) is 0.665. The molecule has 0 saturated carbocycles. The molecule has 1 aromatic heterocycles. The normalized spacial score (nSPS) is 24.3. The Balaban J connectivity index is 1.72. The first-order valence-corrected chi connectivity index (χ1v) is 10.7. The molecular weight excluding hydrogens is 464 g/mol. The quantitative estimate of drug-likeness (QED) is 0.369. The van der Waals surface area contributed by atoms with E-state index in [1.54, 1.807) is 18.2 Å². The number of methoxy groups -OCH3 is 3. The molecule has 2 heterocycles. The molecule has 188 valence electrons. The van der Waals surface area contributed by atoms with Gasteiger partial charge in [-0.25, -0.2) is 0 Å². The summed E-state index contributed by atoms with van der Waals surface area (Å²) in [6.45, 7) is -0.604. The van der Waals surface area contributed by atoms with Crippen LogP contribution in [-0.4, -0.2) is 79.1 Å². The van der Waals surface area contributed by atoms with Gasteiger partial charge in [0.05, 0.1) is 38.9 Å². The lowest BCUT2D eigenvalue weighted by atomic mass is 9.99. The molecule has 2 unspecified atom stereocenters. The van der Waals surface area contributed by atoms with E-state index in [-0.39, 0.29) is 33.5 Å². The van der Waals surface area contributed by atoms with Crippen LogP contribution in [0.5, 0.6) is 23.0 Å². The molecule has 0 spiro atoms. The molecule has 1 fully saturated rings. The lowest BCUT2D eigenvalue weighted by Gasteiger charge is -2.39. The third-order valence-electron chi connectivity index (χ3n) is 5.84. The summed E-state index contributed by atoms with van der Waals surface area (Å²) < 4.78 is 32.7. The van der Waals surface area contributed by atoms with E-state index < -0.39 is 37.3 Å². The number of rotatable bonds is 7. The van der Waals surface area contributed by atoms with Crippen LogP contribution < -0.4 is 24.4 Å². The molecule has 5 atom stereocenters. The van der Waals surface area contributed by atoms with Crippen molar-refractivity contribution >= 4 is 11.0 Å². The van der Waals surface area contributed by atoms with Gasteiger partial charge in [0.2, 0.25) is 11.7 Å². The van der Waals surface area contributed by atoms with Crippen LogP contribution >= 0.6 is 0 Å². The highest BCUT2D eigenvalue weighted by atomic mass is 16.7. The van der Waals surface area contributed by atoms with Crippen LogP contribution in [0.4, 0.5) is 0 Å². The molecule has 4 rings (SSSR count). The minimum Gasteiger partial charge on any atom is -0.493 e. The van der Waals surface area contributed by atoms with E-state index in [1.807, 2.05) is 0 Å². The minimum atomic E-state index is -1.62. The van der Waals surface area contributed by atoms with Gasteiger partial charge in [0.1, 0.15) is 36.3 Å². The number of benzene rings is 2. The molecule has 35 heavy (non-hydrogen) atoms. The molecule has 11 heteroatoms. The molecule has 0 amide bonds. The number of aliphatic hydroxyl groups excluding tert-OH is 4. The van der Waals surface area contributed by atoms with E-state index in [0.29, 0.717) is 17.1 Å². The van der Waals surface area contributed by atoms with Crippen molar-refractivity contribution in [2.45, 2.75) is 30.7 Å². The van der Waals surface area contributed by atoms with Crippen molar-refractivity contribution in [2.75, 3.05) is 27.9 Å². The van der Waals surface area contributed by atoms with Crippen LogP contribution in [0, 0.1) is 0 Å². The third-order valence-corrected chi connectivity index (χ3v) is 5.84. The monoisotopic (exact) mass is 490 g/mol. The van der Waals surface area contributed by atoms with Gasteiger partial charge >= 0.3 is 0 Å². The van der Waals surface area contributed by atoms with Gasteiger partial charge in [-0.05, 0) is 23.8 Å². The highest BCUT2D eigenvalue weighted by molar-refractivity contribution is 5.85. The molecule has 1 aliphatic heterocycles. The summed E-state index contributed by atoms with van der Waals surface area (Å²) in [5.74, 6) is 1.14. The maximum atomic E-state index is 13.3. The Morgan fingerprint density at radius 3 is 2.20 bits per heavy atom. The van der Waals surface area contributed by atoms with Crippen molar-refractivity contribution < 1.29 is 48.5 Å². The van der Waals surface area contributed by atoms with Crippen LogP contribution in [0.25, 0.3) is 22.1 Å². The Morgan fingerprint density at radius 2 is 1.54 bits per heavy atom. The van der Waals surface area contributed by atoms with Crippen molar-refractivity contribution in [2.24, 2.45) is 0 Å². The summed E-state index contributed by atoms with van der Waals surface area (Å²) >= 11 is 0. The van der Waals surface area contributed by atoms with E-state index in [2.05, 4.69) is 0 Å². The van der Waals surface area contributed by atoms with Gasteiger partial charge < -0.3 is 48.5 Å². The van der Waals surface area contributed by atoms with E-state index in [0.717, 1.165) is 0 Å². The van der Waals surface area contributed by atoms with Crippen LogP contribution in [-0.2, 0) is 4.74 Å². The molecule has 3 aromatic rings. The van der Waals surface area contributed by atoms with Gasteiger partial charge in [-0.1, -0.05) is 6.07 Å². The number of hydrogen-bond acceptors (Lipinski definition) is 11. The van der Waals surface area contributed by atoms with E-state index in [9.17, 15) is 25.2 Å². The fourth-order valence-electron chi connectivity index (χ4n) is 3.88. The lowest BCUT2D eigenvalue weighted by molar-refractivity contribution is -0.277. The number of ether oxygens (including phenoxy) is 5. The second-order valence-corrected chi connectivity index (χ2v) is 7.86. The highest BCUT2D eigenvalue weighted by Crippen LogP contribution is 2.36. The zero-order chi connectivity index (χ0) is 25.3. The maximum absolute atomic E-state index is 13.3. The molecule has 0 radical (unpaired) electrons. The second-order valence-electron chi connectivity index (χ2n) is 7.86. The van der Waals surface area contributed by atoms with Gasteiger partial charge in [-0.15, -0.1) is 0 Å². The molecule has 0 aliphatic carbocycles. The number of aliphatic hydroxyl groups is 4. The molecule has 4 N–H and O–H groups in total. The van der Waals surface area contributed by atoms with Crippen LogP contribution in [0.1, 0.15) is 0 Å². The standard InChI is InChI=1S/C24H26O11/c1-30-14-5-4-11(6-16(14)31-2)13-10-33-15-8-18(17(32-3)7-12(15)20(13)26)34-24-23(29)22(28)21(27)19(9-25)35-24/h4-8,10,19,21-25,27-29H,9H2,1-3H3/t19?,21-,22+,23?,24-/m1/s1. The van der Waals surface area contributed by atoms with Gasteiger partial charge in [-0.3, -0.25) is 4.79 Å². The van der Waals surface area contributed by atoms with Crippen LogP contribution in [0.3, 0.4) is 0 Å². The summed E-state index contributed by atoms with van der Waals surface area (Å²) in [6.07, 6.45) is -6.04. The molecule has 11 nitrogen and oxygen atoms in total. The second kappa shape index (κ2) is 10.1. The molecular formula is C24H26O11. The van der Waals surface area contributed by atoms with Crippen molar-refractivity contribution in [3.05, 3.63) is 46.8 Å². The van der Waals surface area contributed by atoms with E-state index >= 15 is 0 Å². The first-order valence-electron chi connectivity index (χ1n) is 10.7. The van der Waals surface area contributed by atoms with Gasteiger partial charge in [-0.2, -0.15) is 0 Å². The van der Waals surface area contributed by atoms with Crippen molar-refractivity contribution in [1.82, 2.24) is 0 Å². The Kier molecular flexibility index (Phi) is 7.15. The summed E-state index contributed by atoms with van der Waals surface area (Å²) in [6, 6.07) is 7.84. The Labute approximate surface area is 199 Å². The molecule has 1 aliphatic rings. The smallest absolute Gasteiger partial charge is 0.229 e. The number of hydrogen-bond donors (Lipinski definition) is 4. The van der Waals surface area contributed by atoms with Crippen molar-refractivity contribution in [3.8, 4) is 34.1 Å². The van der Waals surface area contributed by atoms with Crippen LogP contribution in [0.15, 0.2) is 45.8 Å². The Morgan fingerprint density at radius 1 is 0.857 bits per heavy atom. The predicted molar refractivity (Wildman–Crippen MR) is 122 cm³/mol. The molecule has 0 bridgehead atoms. The largest absolute Gasteiger partial charge is 0.493 e. The Bertz CT molecular complexity index is 1250. The van der Waals surface area contributed by atoms with Gasteiger partial charge in [0.15, 0.2) is 23.0 Å². The average Bonchev–Trinajstić information content (AvgIpc) is 2.88. The fourth-order valence-corrected chi connectivity index (χ4v) is 3.88. The average molecular weight is 490 g/mol. The van der Waals surface area contributed by atoms with Crippen molar-refractivity contribution in [1.29, 1.82) is 0 Å². The van der Waals surface area contributed by atoms with Gasteiger partial charge in [0.25, 0.3) is 0 Å². The zero-order valence-corrected chi connectivity index (χ0v) is 19.2. The minimum absolute atomic E-state index is 0.0475. The van der Waals surface area contributed by atoms with Crippen LogP contribution in [0.2, 0.25) is 0 Å². The number of fused-ring (bicyclic) bond motifs is 1. The molecule has 1 saturated heterocycles. The lowest BCUT2D eigenvalue weighted by Crippen LogP contribution is -2.60. The SMILES string of the molecule is COc1ccc(-c2coc3cc(O[C@@H]4OC(CO)[C@@H](O)[C@H](O)C4O)c(OC)cc3c2=O)cc1OC. The Hall–Kier alpha value is -3.35. The first-order chi connectivity index (χ1) is 16.8. The summed E-state index contributed by atoms with van der Waals surface area (Å²) in [5, 5.41) is 39.8. The summed E-state index contributed by atoms with van der Waals surface area (Å²) in [4.78, 5) is 13.3. The van der Waals surface area contributed by atoms with E-state index in [4.69, 9.17) is 28.1 Å². The summed E-state index contributed by atoms with van der Waals surface area (Å²) in [7, 11) is 4.37. The fraction of sp³-hybridized carbons (Fsp3) is 0.375. The third kappa shape index (κ3) is 4.51. The molecule has 2 aromatic carbocycles. The first kappa shape index (κ1) is 24.8. The predicted octanol–water partition coefficient (Wildman–Crippen LogP) is 0.665. The maximum Gasteiger partial charge on any atom is 0.229 e. The highest BCUT2D eigenvalue weighted by Gasteiger charge is 2.45. The van der Waals surface area contributed by atoms with E-state index in [1.165, 1.54) is 39.7 Å². The zero-order valence-electron chi connectivity index (χ0n) is 19.2. The topological polar surface area (TPSA) is 157 Å².